The third-order valence-electron chi connectivity index (χ3n) is 5.45. The highest BCUT2D eigenvalue weighted by molar-refractivity contribution is 7.21. The van der Waals surface area contributed by atoms with Gasteiger partial charge in [-0.2, -0.15) is 0 Å². The number of aryl methyl sites for hydroxylation is 1. The molecule has 0 bridgehead atoms. The highest BCUT2D eigenvalue weighted by Gasteiger charge is 2.24. The molecule has 1 saturated heterocycles. The topological polar surface area (TPSA) is 71.0 Å². The number of hydrogen-bond acceptors (Lipinski definition) is 7. The SMILES string of the molecule is Cc1ncsc1C(=O)NC1CCN(c2ncnc3sc(-c4ccccc4)cc23)CC1. The van der Waals surface area contributed by atoms with Crippen LogP contribution in [-0.2, 0) is 0 Å². The molecule has 0 atom stereocenters. The van der Waals surface area contributed by atoms with Crippen molar-refractivity contribution < 1.29 is 4.79 Å². The maximum absolute atomic E-state index is 12.5. The number of rotatable bonds is 4. The van der Waals surface area contributed by atoms with Gasteiger partial charge in [0, 0.05) is 24.0 Å². The van der Waals surface area contributed by atoms with Gasteiger partial charge in [0.25, 0.3) is 5.91 Å². The molecule has 5 rings (SSSR count). The highest BCUT2D eigenvalue weighted by atomic mass is 32.1. The number of amides is 1. The standard InChI is InChI=1S/C22H21N5OS2/c1-14-19(29-13-25-14)21(28)26-16-7-9-27(10-8-16)20-17-11-18(15-5-3-2-4-6-15)30-22(17)24-12-23-20/h2-6,11-13,16H,7-10H2,1H3,(H,26,28). The Kier molecular flexibility index (Phi) is 5.18. The van der Waals surface area contributed by atoms with E-state index in [1.54, 1.807) is 23.2 Å². The third kappa shape index (κ3) is 3.68. The van der Waals surface area contributed by atoms with E-state index in [4.69, 9.17) is 0 Å². The summed E-state index contributed by atoms with van der Waals surface area (Å²) in [6, 6.07) is 12.8. The highest BCUT2D eigenvalue weighted by Crippen LogP contribution is 2.36. The normalized spacial score (nSPS) is 14.9. The van der Waals surface area contributed by atoms with Crippen LogP contribution in [0.15, 0.2) is 48.2 Å². The monoisotopic (exact) mass is 435 g/mol. The number of anilines is 1. The molecule has 1 N–H and O–H groups in total. The van der Waals surface area contributed by atoms with Crippen molar-refractivity contribution in [3.05, 3.63) is 58.8 Å². The van der Waals surface area contributed by atoms with Crippen molar-refractivity contribution in [1.29, 1.82) is 0 Å². The number of nitrogens with one attached hydrogen (secondary N) is 1. The zero-order valence-corrected chi connectivity index (χ0v) is 18.2. The number of carbonyl (C=O) groups is 1. The molecule has 30 heavy (non-hydrogen) atoms. The largest absolute Gasteiger partial charge is 0.356 e. The number of fused-ring (bicyclic) bond motifs is 1. The van der Waals surface area contributed by atoms with Gasteiger partial charge < -0.3 is 10.2 Å². The minimum absolute atomic E-state index is 0.0109. The number of benzene rings is 1. The van der Waals surface area contributed by atoms with Gasteiger partial charge in [-0.3, -0.25) is 4.79 Å². The molecule has 1 aliphatic heterocycles. The van der Waals surface area contributed by atoms with Crippen LogP contribution in [0.3, 0.4) is 0 Å². The maximum atomic E-state index is 12.5. The van der Waals surface area contributed by atoms with E-state index in [-0.39, 0.29) is 11.9 Å². The molecule has 1 aromatic carbocycles. The van der Waals surface area contributed by atoms with Crippen LogP contribution in [0.25, 0.3) is 20.7 Å². The summed E-state index contributed by atoms with van der Waals surface area (Å²) in [7, 11) is 0. The average Bonchev–Trinajstić information content (AvgIpc) is 3.41. The molecule has 8 heteroatoms. The van der Waals surface area contributed by atoms with Crippen molar-refractivity contribution in [3.63, 3.8) is 0 Å². The lowest BCUT2D eigenvalue weighted by molar-refractivity contribution is 0.0934. The molecule has 0 saturated carbocycles. The van der Waals surface area contributed by atoms with Gasteiger partial charge in [0.1, 0.15) is 21.9 Å². The van der Waals surface area contributed by atoms with Crippen LogP contribution in [0.4, 0.5) is 5.82 Å². The molecule has 152 valence electrons. The predicted octanol–water partition coefficient (Wildman–Crippen LogP) is 4.52. The van der Waals surface area contributed by atoms with E-state index in [0.29, 0.717) is 4.88 Å². The molecule has 0 aliphatic carbocycles. The van der Waals surface area contributed by atoms with Gasteiger partial charge in [0.05, 0.1) is 16.6 Å². The van der Waals surface area contributed by atoms with E-state index >= 15 is 0 Å². The summed E-state index contributed by atoms with van der Waals surface area (Å²) in [6.07, 6.45) is 3.44. The number of piperidine rings is 1. The number of thiophene rings is 1. The fourth-order valence-corrected chi connectivity index (χ4v) is 5.55. The van der Waals surface area contributed by atoms with Crippen LogP contribution >= 0.6 is 22.7 Å². The quantitative estimate of drug-likeness (QED) is 0.510. The molecule has 0 spiro atoms. The Labute approximate surface area is 182 Å². The van der Waals surface area contributed by atoms with Crippen LogP contribution in [0.1, 0.15) is 28.2 Å². The Bertz CT molecular complexity index is 1180. The van der Waals surface area contributed by atoms with E-state index in [1.807, 2.05) is 13.0 Å². The van der Waals surface area contributed by atoms with Crippen molar-refractivity contribution in [2.75, 3.05) is 18.0 Å². The van der Waals surface area contributed by atoms with Crippen molar-refractivity contribution in [1.82, 2.24) is 20.3 Å². The molecule has 1 amide bonds. The molecule has 4 aromatic rings. The number of nitrogens with zero attached hydrogens (tertiary/aromatic N) is 4. The van der Waals surface area contributed by atoms with Crippen LogP contribution < -0.4 is 10.2 Å². The van der Waals surface area contributed by atoms with E-state index < -0.39 is 0 Å². The summed E-state index contributed by atoms with van der Waals surface area (Å²) in [5, 5.41) is 4.27. The van der Waals surface area contributed by atoms with Crippen LogP contribution in [-0.4, -0.2) is 40.0 Å². The molecular weight excluding hydrogens is 414 g/mol. The van der Waals surface area contributed by atoms with Gasteiger partial charge in [-0.1, -0.05) is 30.3 Å². The minimum Gasteiger partial charge on any atom is -0.356 e. The summed E-state index contributed by atoms with van der Waals surface area (Å²) in [6.45, 7) is 3.59. The van der Waals surface area contributed by atoms with Crippen LogP contribution in [0, 0.1) is 6.92 Å². The van der Waals surface area contributed by atoms with Crippen LogP contribution in [0.2, 0.25) is 0 Å². The zero-order valence-electron chi connectivity index (χ0n) is 16.5. The van der Waals surface area contributed by atoms with Crippen molar-refractivity contribution >= 4 is 44.6 Å². The van der Waals surface area contributed by atoms with Gasteiger partial charge in [-0.15, -0.1) is 22.7 Å². The number of hydrogen-bond donors (Lipinski definition) is 1. The van der Waals surface area contributed by atoms with E-state index in [1.165, 1.54) is 21.8 Å². The fourth-order valence-electron chi connectivity index (χ4n) is 3.85. The molecule has 0 unspecified atom stereocenters. The summed E-state index contributed by atoms with van der Waals surface area (Å²) < 4.78 is 0. The van der Waals surface area contributed by atoms with E-state index in [2.05, 4.69) is 55.5 Å². The number of carbonyl (C=O) groups excluding carboxylic acids is 1. The fraction of sp³-hybridized carbons (Fsp3) is 0.273. The number of thiazole rings is 1. The van der Waals surface area contributed by atoms with Crippen molar-refractivity contribution in [2.45, 2.75) is 25.8 Å². The first-order chi connectivity index (χ1) is 14.7. The smallest absolute Gasteiger partial charge is 0.263 e. The Morgan fingerprint density at radius 1 is 1.13 bits per heavy atom. The Hall–Kier alpha value is -2.84. The predicted molar refractivity (Wildman–Crippen MR) is 122 cm³/mol. The lowest BCUT2D eigenvalue weighted by atomic mass is 10.0. The summed E-state index contributed by atoms with van der Waals surface area (Å²) in [5.74, 6) is 0.977. The van der Waals surface area contributed by atoms with E-state index in [0.717, 1.165) is 47.7 Å². The van der Waals surface area contributed by atoms with E-state index in [9.17, 15) is 4.79 Å². The lowest BCUT2D eigenvalue weighted by Crippen LogP contribution is -2.45. The Morgan fingerprint density at radius 2 is 1.93 bits per heavy atom. The molecule has 1 aliphatic rings. The summed E-state index contributed by atoms with van der Waals surface area (Å²) in [5.41, 5.74) is 3.72. The summed E-state index contributed by atoms with van der Waals surface area (Å²) in [4.78, 5) is 31.0. The zero-order chi connectivity index (χ0) is 20.5. The van der Waals surface area contributed by atoms with Gasteiger partial charge in [0.15, 0.2) is 0 Å². The first-order valence-electron chi connectivity index (χ1n) is 9.95. The van der Waals surface area contributed by atoms with Gasteiger partial charge >= 0.3 is 0 Å². The molecule has 0 radical (unpaired) electrons. The number of aromatic nitrogens is 3. The molecule has 3 aromatic heterocycles. The van der Waals surface area contributed by atoms with Gasteiger partial charge in [-0.05, 0) is 31.4 Å². The maximum Gasteiger partial charge on any atom is 0.263 e. The van der Waals surface area contributed by atoms with Crippen molar-refractivity contribution in [2.24, 2.45) is 0 Å². The van der Waals surface area contributed by atoms with Crippen LogP contribution in [0.5, 0.6) is 0 Å². The lowest BCUT2D eigenvalue weighted by Gasteiger charge is -2.33. The third-order valence-corrected chi connectivity index (χ3v) is 7.47. The first-order valence-corrected chi connectivity index (χ1v) is 11.6. The first kappa shape index (κ1) is 19.1. The van der Waals surface area contributed by atoms with Gasteiger partial charge in [0.2, 0.25) is 0 Å². The summed E-state index contributed by atoms with van der Waals surface area (Å²) >= 11 is 3.09. The Balaban J connectivity index is 1.31. The molecule has 1 fully saturated rings. The second-order valence-corrected chi connectivity index (χ2v) is 9.28. The molecular formula is C22H21N5OS2. The average molecular weight is 436 g/mol. The molecule has 4 heterocycles. The molecule has 6 nitrogen and oxygen atoms in total. The second kappa shape index (κ2) is 8.12. The minimum atomic E-state index is -0.0109. The Morgan fingerprint density at radius 3 is 2.67 bits per heavy atom. The van der Waals surface area contributed by atoms with Gasteiger partial charge in [-0.25, -0.2) is 15.0 Å². The van der Waals surface area contributed by atoms with Crippen molar-refractivity contribution in [3.8, 4) is 10.4 Å². The second-order valence-electron chi connectivity index (χ2n) is 7.39.